The quantitative estimate of drug-likeness (QED) is 0.631. The molecule has 2 heterocycles. The zero-order chi connectivity index (χ0) is 21.1. The van der Waals surface area contributed by atoms with Crippen LogP contribution in [0.1, 0.15) is 30.9 Å². The number of fused-ring (bicyclic) bond motifs is 1. The van der Waals surface area contributed by atoms with E-state index in [0.29, 0.717) is 17.2 Å². The zero-order valence-corrected chi connectivity index (χ0v) is 18.1. The highest BCUT2D eigenvalue weighted by atomic mass is 16.5. The molecule has 0 amide bonds. The first kappa shape index (κ1) is 20.1. The normalized spacial score (nSPS) is 13.2. The number of ether oxygens (including phenoxy) is 3. The molecule has 0 radical (unpaired) electrons. The summed E-state index contributed by atoms with van der Waals surface area (Å²) in [5.74, 6) is 2.93. The second kappa shape index (κ2) is 8.69. The molecule has 30 heavy (non-hydrogen) atoms. The van der Waals surface area contributed by atoms with Crippen LogP contribution in [0.25, 0.3) is 16.9 Å². The van der Waals surface area contributed by atoms with Gasteiger partial charge in [-0.1, -0.05) is 25.1 Å². The molecule has 0 fully saturated rings. The van der Waals surface area contributed by atoms with Gasteiger partial charge in [0.05, 0.1) is 32.7 Å². The van der Waals surface area contributed by atoms with E-state index in [1.165, 1.54) is 11.1 Å². The van der Waals surface area contributed by atoms with E-state index in [9.17, 15) is 0 Å². The minimum absolute atomic E-state index is 0.587. The molecule has 0 unspecified atom stereocenters. The maximum Gasteiger partial charge on any atom is 0.203 e. The van der Waals surface area contributed by atoms with Gasteiger partial charge < -0.3 is 19.5 Å². The number of nitrogens with one attached hydrogen (secondary N) is 1. The highest BCUT2D eigenvalue weighted by Crippen LogP contribution is 2.43. The summed E-state index contributed by atoms with van der Waals surface area (Å²) in [6, 6.07) is 12.4. The molecule has 0 spiro atoms. The lowest BCUT2D eigenvalue weighted by molar-refractivity contribution is 0.324. The van der Waals surface area contributed by atoms with Crippen molar-refractivity contribution in [3.8, 4) is 34.2 Å². The van der Waals surface area contributed by atoms with Gasteiger partial charge in [0.2, 0.25) is 5.75 Å². The Bertz CT molecular complexity index is 1020. The Labute approximate surface area is 177 Å². The summed E-state index contributed by atoms with van der Waals surface area (Å²) in [5.41, 5.74) is 5.52. The molecule has 6 nitrogen and oxygen atoms in total. The number of hydrogen-bond donors (Lipinski definition) is 1. The third-order valence-corrected chi connectivity index (χ3v) is 5.67. The van der Waals surface area contributed by atoms with Crippen LogP contribution < -0.4 is 19.5 Å². The number of para-hydroxylation sites is 1. The van der Waals surface area contributed by atoms with Crippen LogP contribution in [0, 0.1) is 0 Å². The Morgan fingerprint density at radius 3 is 2.40 bits per heavy atom. The van der Waals surface area contributed by atoms with Gasteiger partial charge in [-0.3, -0.25) is 0 Å². The van der Waals surface area contributed by atoms with E-state index in [-0.39, 0.29) is 0 Å². The van der Waals surface area contributed by atoms with Crippen molar-refractivity contribution in [2.24, 2.45) is 0 Å². The summed E-state index contributed by atoms with van der Waals surface area (Å²) in [6.45, 7) is 3.12. The molecule has 158 valence electrons. The Morgan fingerprint density at radius 1 is 1.00 bits per heavy atom. The summed E-state index contributed by atoms with van der Waals surface area (Å²) in [5, 5.41) is 8.72. The molecule has 0 aliphatic carbocycles. The van der Waals surface area contributed by atoms with E-state index in [1.54, 1.807) is 21.3 Å². The number of benzene rings is 2. The summed E-state index contributed by atoms with van der Waals surface area (Å²) in [7, 11) is 4.89. The van der Waals surface area contributed by atoms with Crippen molar-refractivity contribution in [1.82, 2.24) is 9.78 Å². The van der Waals surface area contributed by atoms with Crippen LogP contribution in [0.2, 0.25) is 0 Å². The second-order valence-corrected chi connectivity index (χ2v) is 7.37. The van der Waals surface area contributed by atoms with Crippen LogP contribution in [-0.4, -0.2) is 37.7 Å². The van der Waals surface area contributed by atoms with Crippen LogP contribution in [0.15, 0.2) is 36.4 Å². The fourth-order valence-electron chi connectivity index (χ4n) is 4.14. The van der Waals surface area contributed by atoms with Crippen LogP contribution in [-0.2, 0) is 12.8 Å². The van der Waals surface area contributed by atoms with Gasteiger partial charge in [-0.2, -0.15) is 5.10 Å². The monoisotopic (exact) mass is 407 g/mol. The molecular formula is C24H29N3O3. The van der Waals surface area contributed by atoms with E-state index >= 15 is 0 Å². The van der Waals surface area contributed by atoms with E-state index in [4.69, 9.17) is 19.3 Å². The van der Waals surface area contributed by atoms with Crippen molar-refractivity contribution < 1.29 is 14.2 Å². The molecule has 0 bridgehead atoms. The fraction of sp³-hybridized carbons (Fsp3) is 0.375. The standard InChI is InChI=1S/C24H29N3O3/c1-5-16-10-6-7-12-19(16)27-24-18(11-8-9-13-25-24)22(26-27)17-14-20(28-2)23(30-4)21(15-17)29-3/h6-7,10,12,14-15,25H,5,8-9,11,13H2,1-4H3. The average Bonchev–Trinajstić information content (AvgIpc) is 2.98. The first-order valence-electron chi connectivity index (χ1n) is 10.5. The van der Waals surface area contributed by atoms with Crippen molar-refractivity contribution in [1.29, 1.82) is 0 Å². The van der Waals surface area contributed by atoms with Gasteiger partial charge in [0.1, 0.15) is 5.82 Å². The largest absolute Gasteiger partial charge is 0.493 e. The molecule has 6 heteroatoms. The predicted octanol–water partition coefficient (Wildman–Crippen LogP) is 4.88. The number of methoxy groups -OCH3 is 3. The Hall–Kier alpha value is -3.15. The molecule has 4 rings (SSSR count). The third kappa shape index (κ3) is 3.47. The molecule has 0 atom stereocenters. The number of hydrogen-bond acceptors (Lipinski definition) is 5. The van der Waals surface area contributed by atoms with Gasteiger partial charge in [0.15, 0.2) is 11.5 Å². The smallest absolute Gasteiger partial charge is 0.203 e. The number of aryl methyl sites for hydroxylation is 1. The lowest BCUT2D eigenvalue weighted by Crippen LogP contribution is -2.08. The summed E-state index contributed by atoms with van der Waals surface area (Å²) < 4.78 is 18.7. The highest BCUT2D eigenvalue weighted by molar-refractivity contribution is 5.75. The predicted molar refractivity (Wildman–Crippen MR) is 119 cm³/mol. The van der Waals surface area contributed by atoms with E-state index in [1.807, 2.05) is 12.1 Å². The van der Waals surface area contributed by atoms with Crippen molar-refractivity contribution in [2.75, 3.05) is 33.2 Å². The van der Waals surface area contributed by atoms with Crippen molar-refractivity contribution in [3.63, 3.8) is 0 Å². The minimum Gasteiger partial charge on any atom is -0.493 e. The van der Waals surface area contributed by atoms with Crippen molar-refractivity contribution in [3.05, 3.63) is 47.5 Å². The second-order valence-electron chi connectivity index (χ2n) is 7.37. The first-order chi connectivity index (χ1) is 14.7. The van der Waals surface area contributed by atoms with Gasteiger partial charge in [-0.05, 0) is 49.4 Å². The Kier molecular flexibility index (Phi) is 5.84. The van der Waals surface area contributed by atoms with Crippen molar-refractivity contribution >= 4 is 5.82 Å². The Balaban J connectivity index is 1.95. The Morgan fingerprint density at radius 2 is 1.73 bits per heavy atom. The zero-order valence-electron chi connectivity index (χ0n) is 18.1. The van der Waals surface area contributed by atoms with Gasteiger partial charge >= 0.3 is 0 Å². The van der Waals surface area contributed by atoms with Crippen LogP contribution >= 0.6 is 0 Å². The molecule has 2 aromatic carbocycles. The number of nitrogens with zero attached hydrogens (tertiary/aromatic N) is 2. The molecule has 1 aliphatic heterocycles. The lowest BCUT2D eigenvalue weighted by atomic mass is 10.0. The van der Waals surface area contributed by atoms with Crippen molar-refractivity contribution in [2.45, 2.75) is 32.6 Å². The number of anilines is 1. The summed E-state index contributed by atoms with van der Waals surface area (Å²) in [6.07, 6.45) is 4.18. The SMILES string of the molecule is CCc1ccccc1-n1nc(-c2cc(OC)c(OC)c(OC)c2)c2c1NCCCC2. The van der Waals surface area contributed by atoms with Crippen LogP contribution in [0.3, 0.4) is 0 Å². The first-order valence-corrected chi connectivity index (χ1v) is 10.5. The van der Waals surface area contributed by atoms with Crippen LogP contribution in [0.5, 0.6) is 17.2 Å². The maximum atomic E-state index is 5.58. The lowest BCUT2D eigenvalue weighted by Gasteiger charge is -2.14. The topological polar surface area (TPSA) is 57.5 Å². The summed E-state index contributed by atoms with van der Waals surface area (Å²) in [4.78, 5) is 0. The molecule has 1 N–H and O–H groups in total. The molecule has 0 saturated heterocycles. The van der Waals surface area contributed by atoms with Gasteiger partial charge in [0, 0.05) is 17.7 Å². The molecular weight excluding hydrogens is 378 g/mol. The molecule has 0 saturated carbocycles. The number of rotatable bonds is 6. The molecule has 3 aromatic rings. The average molecular weight is 408 g/mol. The molecule has 1 aromatic heterocycles. The summed E-state index contributed by atoms with van der Waals surface area (Å²) >= 11 is 0. The minimum atomic E-state index is 0.587. The van der Waals surface area contributed by atoms with Gasteiger partial charge in [-0.15, -0.1) is 0 Å². The van der Waals surface area contributed by atoms with Gasteiger partial charge in [-0.25, -0.2) is 4.68 Å². The maximum absolute atomic E-state index is 5.58. The van der Waals surface area contributed by atoms with E-state index < -0.39 is 0 Å². The van der Waals surface area contributed by atoms with E-state index in [0.717, 1.165) is 55.0 Å². The van der Waals surface area contributed by atoms with E-state index in [2.05, 4.69) is 41.2 Å². The third-order valence-electron chi connectivity index (χ3n) is 5.67. The molecule has 1 aliphatic rings. The number of aromatic nitrogens is 2. The van der Waals surface area contributed by atoms with Gasteiger partial charge in [0.25, 0.3) is 0 Å². The highest BCUT2D eigenvalue weighted by Gasteiger charge is 2.24. The fourth-order valence-corrected chi connectivity index (χ4v) is 4.14. The van der Waals surface area contributed by atoms with Crippen LogP contribution in [0.4, 0.5) is 5.82 Å².